The van der Waals surface area contributed by atoms with Crippen molar-refractivity contribution in [1.82, 2.24) is 9.88 Å². The molecule has 0 aliphatic heterocycles. The van der Waals surface area contributed by atoms with E-state index in [1.807, 2.05) is 17.0 Å². The molecule has 0 fully saturated rings. The summed E-state index contributed by atoms with van der Waals surface area (Å²) in [5.74, 6) is 0. The molecule has 1 heterocycles. The zero-order chi connectivity index (χ0) is 12.0. The molecule has 2 N–H and O–H groups in total. The fourth-order valence-corrected chi connectivity index (χ4v) is 1.70. The first-order valence-electron chi connectivity index (χ1n) is 5.55. The number of rotatable bonds is 6. The standard InChI is InChI=1S/C12H20N2O2/c1-10(15)7-14(8-11(2)16)9-12-4-3-5-13-6-12/h3-6,10-11,15-16H,7-9H2,1-2H3. The molecule has 16 heavy (non-hydrogen) atoms. The predicted octanol–water partition coefficient (Wildman–Crippen LogP) is 0.645. The van der Waals surface area contributed by atoms with Gasteiger partial charge in [-0.15, -0.1) is 0 Å². The lowest BCUT2D eigenvalue weighted by molar-refractivity contribution is 0.0794. The van der Waals surface area contributed by atoms with Gasteiger partial charge >= 0.3 is 0 Å². The van der Waals surface area contributed by atoms with Crippen LogP contribution in [0, 0.1) is 0 Å². The van der Waals surface area contributed by atoms with Gasteiger partial charge in [-0.25, -0.2) is 0 Å². The second-order valence-electron chi connectivity index (χ2n) is 4.25. The summed E-state index contributed by atoms with van der Waals surface area (Å²) < 4.78 is 0. The van der Waals surface area contributed by atoms with Gasteiger partial charge in [0.25, 0.3) is 0 Å². The van der Waals surface area contributed by atoms with Crippen LogP contribution in [0.5, 0.6) is 0 Å². The summed E-state index contributed by atoms with van der Waals surface area (Å²) in [4.78, 5) is 6.06. The summed E-state index contributed by atoms with van der Waals surface area (Å²) in [6, 6.07) is 3.88. The first-order valence-corrected chi connectivity index (χ1v) is 5.55. The van der Waals surface area contributed by atoms with E-state index >= 15 is 0 Å². The van der Waals surface area contributed by atoms with Gasteiger partial charge < -0.3 is 10.2 Å². The SMILES string of the molecule is CC(O)CN(Cc1cccnc1)CC(C)O. The number of hydrogen-bond donors (Lipinski definition) is 2. The monoisotopic (exact) mass is 224 g/mol. The third kappa shape index (κ3) is 5.21. The molecular weight excluding hydrogens is 204 g/mol. The Bertz CT molecular complexity index is 278. The third-order valence-electron chi connectivity index (χ3n) is 2.17. The van der Waals surface area contributed by atoms with Crippen LogP contribution in [-0.2, 0) is 6.54 Å². The predicted molar refractivity (Wildman–Crippen MR) is 62.9 cm³/mol. The smallest absolute Gasteiger partial charge is 0.0639 e. The number of aromatic nitrogens is 1. The highest BCUT2D eigenvalue weighted by atomic mass is 16.3. The molecule has 90 valence electrons. The Balaban J connectivity index is 2.56. The number of hydrogen-bond acceptors (Lipinski definition) is 4. The second-order valence-corrected chi connectivity index (χ2v) is 4.25. The summed E-state index contributed by atoms with van der Waals surface area (Å²) in [6.45, 7) is 5.31. The number of aliphatic hydroxyl groups excluding tert-OH is 2. The van der Waals surface area contributed by atoms with Gasteiger partial charge in [0.15, 0.2) is 0 Å². The molecule has 0 saturated carbocycles. The van der Waals surface area contributed by atoms with Crippen molar-refractivity contribution in [3.05, 3.63) is 30.1 Å². The topological polar surface area (TPSA) is 56.6 Å². The van der Waals surface area contributed by atoms with Gasteiger partial charge in [0, 0.05) is 32.0 Å². The minimum atomic E-state index is -0.393. The molecule has 4 nitrogen and oxygen atoms in total. The number of aliphatic hydroxyl groups is 2. The van der Waals surface area contributed by atoms with Gasteiger partial charge in [-0.05, 0) is 25.5 Å². The van der Waals surface area contributed by atoms with Crippen molar-refractivity contribution < 1.29 is 10.2 Å². The summed E-state index contributed by atoms with van der Waals surface area (Å²) >= 11 is 0. The average Bonchev–Trinajstić information content (AvgIpc) is 2.16. The Labute approximate surface area is 96.6 Å². The summed E-state index contributed by atoms with van der Waals surface area (Å²) in [6.07, 6.45) is 2.75. The molecule has 1 aromatic rings. The normalized spacial score (nSPS) is 15.1. The third-order valence-corrected chi connectivity index (χ3v) is 2.17. The van der Waals surface area contributed by atoms with Gasteiger partial charge in [0.1, 0.15) is 0 Å². The van der Waals surface area contributed by atoms with E-state index in [0.29, 0.717) is 19.6 Å². The highest BCUT2D eigenvalue weighted by molar-refractivity contribution is 5.08. The molecule has 0 aromatic carbocycles. The molecule has 4 heteroatoms. The summed E-state index contributed by atoms with van der Waals surface area (Å²) in [5, 5.41) is 18.7. The molecule has 0 aliphatic rings. The molecule has 0 spiro atoms. The van der Waals surface area contributed by atoms with E-state index in [1.165, 1.54) is 0 Å². The Morgan fingerprint density at radius 1 is 1.25 bits per heavy atom. The highest BCUT2D eigenvalue weighted by Gasteiger charge is 2.11. The summed E-state index contributed by atoms with van der Waals surface area (Å²) in [5.41, 5.74) is 1.09. The van der Waals surface area contributed by atoms with Crippen molar-refractivity contribution in [2.75, 3.05) is 13.1 Å². The maximum atomic E-state index is 9.37. The minimum Gasteiger partial charge on any atom is -0.392 e. The van der Waals surface area contributed by atoms with E-state index in [-0.39, 0.29) is 0 Å². The van der Waals surface area contributed by atoms with Crippen molar-refractivity contribution in [3.63, 3.8) is 0 Å². The molecular formula is C12H20N2O2. The summed E-state index contributed by atoms with van der Waals surface area (Å²) in [7, 11) is 0. The van der Waals surface area contributed by atoms with Crippen LogP contribution in [0.25, 0.3) is 0 Å². The van der Waals surface area contributed by atoms with Crippen molar-refractivity contribution in [3.8, 4) is 0 Å². The fourth-order valence-electron chi connectivity index (χ4n) is 1.70. The molecule has 0 saturated heterocycles. The molecule has 2 atom stereocenters. The van der Waals surface area contributed by atoms with E-state index in [1.54, 1.807) is 26.2 Å². The van der Waals surface area contributed by atoms with E-state index in [0.717, 1.165) is 5.56 Å². The largest absolute Gasteiger partial charge is 0.392 e. The van der Waals surface area contributed by atoms with E-state index < -0.39 is 12.2 Å². The Morgan fingerprint density at radius 2 is 1.88 bits per heavy atom. The van der Waals surface area contributed by atoms with Crippen LogP contribution in [0.3, 0.4) is 0 Å². The Kier molecular flexibility index (Phi) is 5.38. The van der Waals surface area contributed by atoms with Crippen LogP contribution >= 0.6 is 0 Å². The van der Waals surface area contributed by atoms with Crippen molar-refractivity contribution in [2.24, 2.45) is 0 Å². The van der Waals surface area contributed by atoms with Crippen LogP contribution in [-0.4, -0.2) is 45.4 Å². The van der Waals surface area contributed by atoms with Crippen LogP contribution < -0.4 is 0 Å². The van der Waals surface area contributed by atoms with Gasteiger partial charge in [0.2, 0.25) is 0 Å². The van der Waals surface area contributed by atoms with E-state index in [9.17, 15) is 10.2 Å². The van der Waals surface area contributed by atoms with Gasteiger partial charge in [-0.3, -0.25) is 9.88 Å². The first-order chi connectivity index (χ1) is 7.58. The Morgan fingerprint density at radius 3 is 2.31 bits per heavy atom. The Hall–Kier alpha value is -0.970. The van der Waals surface area contributed by atoms with Gasteiger partial charge in [-0.2, -0.15) is 0 Å². The molecule has 0 aliphatic carbocycles. The lowest BCUT2D eigenvalue weighted by atomic mass is 10.2. The van der Waals surface area contributed by atoms with Crippen LogP contribution in [0.2, 0.25) is 0 Å². The molecule has 1 rings (SSSR count). The first kappa shape index (κ1) is 13.1. The fraction of sp³-hybridized carbons (Fsp3) is 0.583. The quantitative estimate of drug-likeness (QED) is 0.744. The molecule has 2 unspecified atom stereocenters. The molecule has 1 aromatic heterocycles. The van der Waals surface area contributed by atoms with Crippen LogP contribution in [0.1, 0.15) is 19.4 Å². The lowest BCUT2D eigenvalue weighted by Crippen LogP contribution is -2.35. The van der Waals surface area contributed by atoms with Crippen LogP contribution in [0.15, 0.2) is 24.5 Å². The van der Waals surface area contributed by atoms with Crippen LogP contribution in [0.4, 0.5) is 0 Å². The zero-order valence-corrected chi connectivity index (χ0v) is 9.87. The second kappa shape index (κ2) is 6.58. The maximum absolute atomic E-state index is 9.37. The minimum absolute atomic E-state index is 0.393. The van der Waals surface area contributed by atoms with Crippen molar-refractivity contribution in [1.29, 1.82) is 0 Å². The lowest BCUT2D eigenvalue weighted by Gasteiger charge is -2.24. The molecule has 0 radical (unpaired) electrons. The molecule has 0 bridgehead atoms. The van der Waals surface area contributed by atoms with Gasteiger partial charge in [0.05, 0.1) is 12.2 Å². The average molecular weight is 224 g/mol. The number of pyridine rings is 1. The zero-order valence-electron chi connectivity index (χ0n) is 9.87. The number of nitrogens with zero attached hydrogens (tertiary/aromatic N) is 2. The van der Waals surface area contributed by atoms with Crippen molar-refractivity contribution in [2.45, 2.75) is 32.6 Å². The van der Waals surface area contributed by atoms with Crippen molar-refractivity contribution >= 4 is 0 Å². The van der Waals surface area contributed by atoms with E-state index in [4.69, 9.17) is 0 Å². The maximum Gasteiger partial charge on any atom is 0.0639 e. The molecule has 0 amide bonds. The van der Waals surface area contributed by atoms with E-state index in [2.05, 4.69) is 4.98 Å². The highest BCUT2D eigenvalue weighted by Crippen LogP contribution is 2.04. The van der Waals surface area contributed by atoms with Gasteiger partial charge in [-0.1, -0.05) is 6.07 Å².